The van der Waals surface area contributed by atoms with Gasteiger partial charge in [0.25, 0.3) is 0 Å². The maximum Gasteiger partial charge on any atom is 0.246 e. The van der Waals surface area contributed by atoms with E-state index in [4.69, 9.17) is 10.5 Å². The molecule has 2 aromatic rings. The van der Waals surface area contributed by atoms with Crippen molar-refractivity contribution in [2.75, 3.05) is 5.73 Å². The fourth-order valence-corrected chi connectivity index (χ4v) is 2.38. The zero-order valence-electron chi connectivity index (χ0n) is 11.1. The second-order valence-corrected chi connectivity index (χ2v) is 5.91. The molecule has 1 aromatic heterocycles. The molecule has 0 atom stereocenters. The Morgan fingerprint density at radius 1 is 1.15 bits per heavy atom. The molecule has 6 heteroatoms. The van der Waals surface area contributed by atoms with Crippen LogP contribution in [0.15, 0.2) is 40.1 Å². The van der Waals surface area contributed by atoms with Crippen molar-refractivity contribution in [1.82, 2.24) is 9.97 Å². The van der Waals surface area contributed by atoms with E-state index in [9.17, 15) is 0 Å². The van der Waals surface area contributed by atoms with Crippen molar-refractivity contribution in [3.8, 4) is 5.88 Å². The fourth-order valence-electron chi connectivity index (χ4n) is 2.11. The predicted molar refractivity (Wildman–Crippen MR) is 81.5 cm³/mol. The second kappa shape index (κ2) is 4.56. The standard InChI is InChI=1S/C14H13BrN4O/c1-14(2)11(8-3-5-9(15)6-4-8)19-10-12(16)17-7-18-13(10)20-14/h3-7H,1-2H3,(H2,16,17,18). The first kappa shape index (κ1) is 13.1. The van der Waals surface area contributed by atoms with Crippen molar-refractivity contribution in [3.63, 3.8) is 0 Å². The highest BCUT2D eigenvalue weighted by atomic mass is 79.9. The number of nitrogens with two attached hydrogens (primary N) is 1. The molecule has 0 unspecified atom stereocenters. The minimum atomic E-state index is -0.582. The molecule has 0 radical (unpaired) electrons. The predicted octanol–water partition coefficient (Wildman–Crippen LogP) is 3.11. The number of hydrogen-bond acceptors (Lipinski definition) is 5. The van der Waals surface area contributed by atoms with Gasteiger partial charge in [0.05, 0.1) is 5.71 Å². The normalized spacial score (nSPS) is 16.1. The molecule has 0 aliphatic carbocycles. The smallest absolute Gasteiger partial charge is 0.246 e. The number of ether oxygens (including phenoxy) is 1. The number of anilines is 1. The van der Waals surface area contributed by atoms with Gasteiger partial charge in [0.15, 0.2) is 11.5 Å². The van der Waals surface area contributed by atoms with Crippen LogP contribution in [-0.4, -0.2) is 21.3 Å². The topological polar surface area (TPSA) is 73.4 Å². The number of nitrogens with zero attached hydrogens (tertiary/aromatic N) is 3. The van der Waals surface area contributed by atoms with Gasteiger partial charge in [0.1, 0.15) is 11.9 Å². The van der Waals surface area contributed by atoms with Gasteiger partial charge in [-0.05, 0) is 26.0 Å². The van der Waals surface area contributed by atoms with E-state index in [-0.39, 0.29) is 0 Å². The summed E-state index contributed by atoms with van der Waals surface area (Å²) in [5.41, 5.74) is 7.54. The molecule has 5 nitrogen and oxygen atoms in total. The van der Waals surface area contributed by atoms with E-state index in [1.165, 1.54) is 6.33 Å². The Kier molecular flexibility index (Phi) is 2.97. The Labute approximate surface area is 125 Å². The van der Waals surface area contributed by atoms with Crippen LogP contribution in [0.25, 0.3) is 0 Å². The zero-order valence-corrected chi connectivity index (χ0v) is 12.7. The first-order valence-corrected chi connectivity index (χ1v) is 6.91. The lowest BCUT2D eigenvalue weighted by Gasteiger charge is -2.32. The highest BCUT2D eigenvalue weighted by Crippen LogP contribution is 2.38. The van der Waals surface area contributed by atoms with Gasteiger partial charge in [-0.15, -0.1) is 0 Å². The van der Waals surface area contributed by atoms with Gasteiger partial charge in [-0.1, -0.05) is 28.1 Å². The second-order valence-electron chi connectivity index (χ2n) is 4.99. The van der Waals surface area contributed by atoms with Crippen LogP contribution >= 0.6 is 15.9 Å². The third kappa shape index (κ3) is 2.16. The van der Waals surface area contributed by atoms with E-state index in [0.717, 1.165) is 15.7 Å². The van der Waals surface area contributed by atoms with E-state index in [2.05, 4.69) is 30.9 Å². The summed E-state index contributed by atoms with van der Waals surface area (Å²) in [4.78, 5) is 12.7. The van der Waals surface area contributed by atoms with Crippen molar-refractivity contribution in [1.29, 1.82) is 0 Å². The molecule has 0 saturated carbocycles. The van der Waals surface area contributed by atoms with Gasteiger partial charge in [0, 0.05) is 10.0 Å². The largest absolute Gasteiger partial charge is 0.463 e. The molecule has 2 N–H and O–H groups in total. The molecular weight excluding hydrogens is 320 g/mol. The van der Waals surface area contributed by atoms with Crippen LogP contribution in [0.1, 0.15) is 19.4 Å². The molecule has 0 spiro atoms. The molecule has 1 aliphatic heterocycles. The summed E-state index contributed by atoms with van der Waals surface area (Å²) in [5, 5.41) is 0. The SMILES string of the molecule is CC1(C)Oc2ncnc(N)c2N=C1c1ccc(Br)cc1. The van der Waals surface area contributed by atoms with E-state index in [1.807, 2.05) is 38.1 Å². The number of rotatable bonds is 1. The van der Waals surface area contributed by atoms with Crippen LogP contribution in [0.5, 0.6) is 5.88 Å². The van der Waals surface area contributed by atoms with E-state index < -0.39 is 5.60 Å². The Balaban J connectivity index is 2.17. The lowest BCUT2D eigenvalue weighted by atomic mass is 9.94. The van der Waals surface area contributed by atoms with Crippen molar-refractivity contribution in [3.05, 3.63) is 40.6 Å². The molecule has 2 heterocycles. The number of benzene rings is 1. The molecule has 0 fully saturated rings. The van der Waals surface area contributed by atoms with Gasteiger partial charge in [0.2, 0.25) is 5.88 Å². The number of aromatic nitrogens is 2. The highest BCUT2D eigenvalue weighted by molar-refractivity contribution is 9.10. The molecule has 1 aliphatic rings. The average molecular weight is 333 g/mol. The van der Waals surface area contributed by atoms with Gasteiger partial charge < -0.3 is 10.5 Å². The Bertz CT molecular complexity index is 695. The minimum absolute atomic E-state index is 0.320. The number of hydrogen-bond donors (Lipinski definition) is 1. The van der Waals surface area contributed by atoms with Crippen LogP contribution in [0, 0.1) is 0 Å². The minimum Gasteiger partial charge on any atom is -0.463 e. The first-order chi connectivity index (χ1) is 9.47. The van der Waals surface area contributed by atoms with Gasteiger partial charge in [-0.3, -0.25) is 0 Å². The molecular formula is C14H13BrN4O. The quantitative estimate of drug-likeness (QED) is 0.870. The fraction of sp³-hybridized carbons (Fsp3) is 0.214. The molecule has 20 heavy (non-hydrogen) atoms. The zero-order chi connectivity index (χ0) is 14.3. The Hall–Kier alpha value is -1.95. The number of aliphatic imine (C=N–C) groups is 1. The lowest BCUT2D eigenvalue weighted by Crippen LogP contribution is -2.41. The van der Waals surface area contributed by atoms with E-state index in [0.29, 0.717) is 17.4 Å². The third-order valence-electron chi connectivity index (χ3n) is 3.08. The van der Waals surface area contributed by atoms with Crippen LogP contribution in [0.4, 0.5) is 11.5 Å². The summed E-state index contributed by atoms with van der Waals surface area (Å²) in [5.74, 6) is 0.739. The Morgan fingerprint density at radius 3 is 2.55 bits per heavy atom. The van der Waals surface area contributed by atoms with Gasteiger partial charge in [-0.2, -0.15) is 4.98 Å². The van der Waals surface area contributed by atoms with E-state index >= 15 is 0 Å². The number of nitrogen functional groups attached to an aromatic ring is 1. The summed E-state index contributed by atoms with van der Waals surface area (Å²) in [6, 6.07) is 7.90. The van der Waals surface area contributed by atoms with E-state index in [1.54, 1.807) is 0 Å². The summed E-state index contributed by atoms with van der Waals surface area (Å²) >= 11 is 3.42. The third-order valence-corrected chi connectivity index (χ3v) is 3.61. The first-order valence-electron chi connectivity index (χ1n) is 6.12. The van der Waals surface area contributed by atoms with Crippen molar-refractivity contribution in [2.24, 2.45) is 4.99 Å². The summed E-state index contributed by atoms with van der Waals surface area (Å²) in [6.07, 6.45) is 1.38. The molecule has 1 aromatic carbocycles. The number of fused-ring (bicyclic) bond motifs is 1. The van der Waals surface area contributed by atoms with Crippen molar-refractivity contribution >= 4 is 33.1 Å². The monoisotopic (exact) mass is 332 g/mol. The van der Waals surface area contributed by atoms with Crippen LogP contribution in [-0.2, 0) is 0 Å². The van der Waals surface area contributed by atoms with Crippen LogP contribution in [0.2, 0.25) is 0 Å². The number of halogens is 1. The maximum atomic E-state index is 5.92. The molecule has 3 rings (SSSR count). The maximum absolute atomic E-state index is 5.92. The average Bonchev–Trinajstić information content (AvgIpc) is 2.39. The van der Waals surface area contributed by atoms with Crippen LogP contribution < -0.4 is 10.5 Å². The van der Waals surface area contributed by atoms with Crippen LogP contribution in [0.3, 0.4) is 0 Å². The molecule has 0 amide bonds. The highest BCUT2D eigenvalue weighted by Gasteiger charge is 2.34. The van der Waals surface area contributed by atoms with Crippen molar-refractivity contribution < 1.29 is 4.74 Å². The molecule has 0 bridgehead atoms. The van der Waals surface area contributed by atoms with Gasteiger partial charge in [-0.25, -0.2) is 9.98 Å². The Morgan fingerprint density at radius 2 is 1.85 bits per heavy atom. The van der Waals surface area contributed by atoms with Gasteiger partial charge >= 0.3 is 0 Å². The van der Waals surface area contributed by atoms with Crippen molar-refractivity contribution in [2.45, 2.75) is 19.4 Å². The summed E-state index contributed by atoms with van der Waals surface area (Å²) in [7, 11) is 0. The molecule has 0 saturated heterocycles. The lowest BCUT2D eigenvalue weighted by molar-refractivity contribution is 0.171. The summed E-state index contributed by atoms with van der Waals surface area (Å²) in [6.45, 7) is 3.91. The molecule has 102 valence electrons. The summed E-state index contributed by atoms with van der Waals surface area (Å²) < 4.78 is 6.94.